The van der Waals surface area contributed by atoms with Gasteiger partial charge in [0.2, 0.25) is 0 Å². The number of alkyl carbamates (subject to hydrolysis) is 1. The molecule has 0 aromatic heterocycles. The number of aliphatic hydroxyl groups is 1. The van der Waals surface area contributed by atoms with Crippen LogP contribution in [-0.4, -0.2) is 29.3 Å². The van der Waals surface area contributed by atoms with Gasteiger partial charge in [0.15, 0.2) is 0 Å². The average molecular weight is 418 g/mol. The van der Waals surface area contributed by atoms with Crippen molar-refractivity contribution in [3.63, 3.8) is 0 Å². The smallest absolute Gasteiger partial charge is 0.407 e. The number of nitro groups is 1. The van der Waals surface area contributed by atoms with E-state index in [2.05, 4.69) is 17.4 Å². The number of non-ortho nitro benzene ring substituents is 1. The summed E-state index contributed by atoms with van der Waals surface area (Å²) in [5, 5.41) is 23.7. The molecule has 0 bridgehead atoms. The number of ether oxygens (including phenoxy) is 1. The molecule has 4 rings (SSSR count). The normalized spacial score (nSPS) is 14.3. The highest BCUT2D eigenvalue weighted by molar-refractivity contribution is 5.79. The Balaban J connectivity index is 1.50. The standard InChI is InChI=1S/C24H22N2O5/c1-24(15-27,16-7-6-8-17(13-16)26(29)30)25-23(28)31-14-22-20-11-4-2-9-18(20)19-10-3-5-12-21(19)22/h2-13,22,27H,14-15H2,1H3,(H,25,28). The van der Waals surface area contributed by atoms with Crippen LogP contribution in [0.15, 0.2) is 72.8 Å². The molecule has 0 spiro atoms. The van der Waals surface area contributed by atoms with Crippen molar-refractivity contribution in [1.82, 2.24) is 5.32 Å². The van der Waals surface area contributed by atoms with Crippen molar-refractivity contribution in [3.05, 3.63) is 99.6 Å². The quantitative estimate of drug-likeness (QED) is 0.458. The van der Waals surface area contributed by atoms with E-state index in [4.69, 9.17) is 4.74 Å². The van der Waals surface area contributed by atoms with Crippen molar-refractivity contribution in [2.24, 2.45) is 0 Å². The number of carbonyl (C=O) groups is 1. The first-order valence-corrected chi connectivity index (χ1v) is 9.92. The molecule has 0 aliphatic heterocycles. The highest BCUT2D eigenvalue weighted by Gasteiger charge is 2.32. The zero-order valence-corrected chi connectivity index (χ0v) is 16.9. The summed E-state index contributed by atoms with van der Waals surface area (Å²) in [7, 11) is 0. The molecule has 1 aliphatic rings. The fourth-order valence-corrected chi connectivity index (χ4v) is 4.03. The van der Waals surface area contributed by atoms with Crippen LogP contribution in [0.3, 0.4) is 0 Å². The second kappa shape index (κ2) is 8.20. The zero-order chi connectivity index (χ0) is 22.0. The molecule has 0 radical (unpaired) electrons. The molecule has 0 fully saturated rings. The lowest BCUT2D eigenvalue weighted by molar-refractivity contribution is -0.385. The first-order valence-electron chi connectivity index (χ1n) is 9.92. The largest absolute Gasteiger partial charge is 0.449 e. The van der Waals surface area contributed by atoms with E-state index in [-0.39, 0.29) is 18.2 Å². The van der Waals surface area contributed by atoms with Gasteiger partial charge >= 0.3 is 6.09 Å². The molecule has 3 aromatic rings. The molecule has 1 amide bonds. The van der Waals surface area contributed by atoms with Crippen molar-refractivity contribution in [2.75, 3.05) is 13.2 Å². The van der Waals surface area contributed by atoms with Gasteiger partial charge in [-0.1, -0.05) is 60.7 Å². The highest BCUT2D eigenvalue weighted by Crippen LogP contribution is 2.44. The Morgan fingerprint density at radius 3 is 2.26 bits per heavy atom. The Labute approximate surface area is 179 Å². The molecule has 158 valence electrons. The minimum absolute atomic E-state index is 0.0867. The minimum atomic E-state index is -1.23. The summed E-state index contributed by atoms with van der Waals surface area (Å²) in [5.74, 6) is -0.0867. The molecule has 0 saturated carbocycles. The van der Waals surface area contributed by atoms with Gasteiger partial charge in [-0.3, -0.25) is 10.1 Å². The second-order valence-corrected chi connectivity index (χ2v) is 7.75. The van der Waals surface area contributed by atoms with Crippen LogP contribution in [-0.2, 0) is 10.3 Å². The van der Waals surface area contributed by atoms with Crippen LogP contribution in [0.25, 0.3) is 11.1 Å². The van der Waals surface area contributed by atoms with Crippen LogP contribution in [0, 0.1) is 10.1 Å². The van der Waals surface area contributed by atoms with E-state index in [1.165, 1.54) is 18.2 Å². The number of nitrogens with one attached hydrogen (secondary N) is 1. The Hall–Kier alpha value is -3.71. The molecule has 7 nitrogen and oxygen atoms in total. The Kier molecular flexibility index (Phi) is 5.44. The van der Waals surface area contributed by atoms with Crippen molar-refractivity contribution in [2.45, 2.75) is 18.4 Å². The number of nitro benzene ring substituents is 1. The van der Waals surface area contributed by atoms with E-state index in [0.29, 0.717) is 5.56 Å². The maximum absolute atomic E-state index is 12.6. The van der Waals surface area contributed by atoms with Gasteiger partial charge < -0.3 is 15.2 Å². The van der Waals surface area contributed by atoms with Crippen LogP contribution in [0.1, 0.15) is 29.5 Å². The monoisotopic (exact) mass is 418 g/mol. The van der Waals surface area contributed by atoms with Gasteiger partial charge in [0, 0.05) is 18.1 Å². The molecule has 1 atom stereocenters. The maximum atomic E-state index is 12.6. The summed E-state index contributed by atoms with van der Waals surface area (Å²) in [4.78, 5) is 23.2. The number of aliphatic hydroxyl groups excluding tert-OH is 1. The summed E-state index contributed by atoms with van der Waals surface area (Å²) in [6, 6.07) is 21.9. The number of carbonyl (C=O) groups excluding carboxylic acids is 1. The van der Waals surface area contributed by atoms with Gasteiger partial charge in [0.1, 0.15) is 6.61 Å². The van der Waals surface area contributed by atoms with Crippen LogP contribution < -0.4 is 5.32 Å². The predicted molar refractivity (Wildman–Crippen MR) is 116 cm³/mol. The van der Waals surface area contributed by atoms with Gasteiger partial charge in [0.25, 0.3) is 5.69 Å². The zero-order valence-electron chi connectivity index (χ0n) is 16.9. The van der Waals surface area contributed by atoms with E-state index in [0.717, 1.165) is 22.3 Å². The molecular weight excluding hydrogens is 396 g/mol. The van der Waals surface area contributed by atoms with Gasteiger partial charge in [-0.15, -0.1) is 0 Å². The number of benzene rings is 3. The van der Waals surface area contributed by atoms with E-state index < -0.39 is 23.2 Å². The first-order chi connectivity index (χ1) is 14.9. The van der Waals surface area contributed by atoms with E-state index >= 15 is 0 Å². The molecule has 7 heteroatoms. The van der Waals surface area contributed by atoms with Gasteiger partial charge in [-0.25, -0.2) is 4.79 Å². The number of nitrogens with zero attached hydrogens (tertiary/aromatic N) is 1. The molecule has 31 heavy (non-hydrogen) atoms. The second-order valence-electron chi connectivity index (χ2n) is 7.75. The minimum Gasteiger partial charge on any atom is -0.449 e. The Bertz CT molecular complexity index is 1100. The van der Waals surface area contributed by atoms with E-state index in [9.17, 15) is 20.0 Å². The molecule has 1 aliphatic carbocycles. The van der Waals surface area contributed by atoms with Crippen molar-refractivity contribution in [1.29, 1.82) is 0 Å². The molecule has 1 unspecified atom stereocenters. The lowest BCUT2D eigenvalue weighted by Crippen LogP contribution is -2.46. The van der Waals surface area contributed by atoms with Gasteiger partial charge in [-0.05, 0) is 34.7 Å². The Morgan fingerprint density at radius 2 is 1.68 bits per heavy atom. The molecule has 0 saturated heterocycles. The number of rotatable bonds is 6. The van der Waals surface area contributed by atoms with Crippen molar-refractivity contribution in [3.8, 4) is 11.1 Å². The average Bonchev–Trinajstić information content (AvgIpc) is 3.11. The third kappa shape index (κ3) is 3.87. The van der Waals surface area contributed by atoms with Crippen molar-refractivity contribution < 1.29 is 19.6 Å². The first kappa shape index (κ1) is 20.6. The fraction of sp³-hybridized carbons (Fsp3) is 0.208. The number of hydrogen-bond acceptors (Lipinski definition) is 5. The molecular formula is C24H22N2O5. The highest BCUT2D eigenvalue weighted by atomic mass is 16.6. The molecule has 2 N–H and O–H groups in total. The van der Waals surface area contributed by atoms with E-state index in [1.54, 1.807) is 13.0 Å². The maximum Gasteiger partial charge on any atom is 0.407 e. The van der Waals surface area contributed by atoms with Gasteiger partial charge in [-0.2, -0.15) is 0 Å². The summed E-state index contributed by atoms with van der Waals surface area (Å²) >= 11 is 0. The van der Waals surface area contributed by atoms with Crippen LogP contribution in [0.2, 0.25) is 0 Å². The lowest BCUT2D eigenvalue weighted by Gasteiger charge is -2.29. The summed E-state index contributed by atoms with van der Waals surface area (Å²) in [6.45, 7) is 1.28. The van der Waals surface area contributed by atoms with Crippen LogP contribution >= 0.6 is 0 Å². The predicted octanol–water partition coefficient (Wildman–Crippen LogP) is 4.34. The molecule has 3 aromatic carbocycles. The summed E-state index contributed by atoms with van der Waals surface area (Å²) in [5.41, 5.74) is 3.52. The number of hydrogen-bond donors (Lipinski definition) is 2. The number of fused-ring (bicyclic) bond motifs is 3. The third-order valence-corrected chi connectivity index (χ3v) is 5.73. The van der Waals surface area contributed by atoms with Crippen molar-refractivity contribution >= 4 is 11.8 Å². The lowest BCUT2D eigenvalue weighted by atomic mass is 9.92. The van der Waals surface area contributed by atoms with Crippen LogP contribution in [0.4, 0.5) is 10.5 Å². The number of amides is 1. The summed E-state index contributed by atoms with van der Waals surface area (Å²) in [6.07, 6.45) is -0.704. The van der Waals surface area contributed by atoms with E-state index in [1.807, 2.05) is 36.4 Å². The molecule has 0 heterocycles. The third-order valence-electron chi connectivity index (χ3n) is 5.73. The summed E-state index contributed by atoms with van der Waals surface area (Å²) < 4.78 is 5.54. The fourth-order valence-electron chi connectivity index (χ4n) is 4.03. The SMILES string of the molecule is CC(CO)(NC(=O)OCC1c2ccccc2-c2ccccc21)c1cccc([N+](=O)[O-])c1. The topological polar surface area (TPSA) is 102 Å². The van der Waals surface area contributed by atoms with Crippen LogP contribution in [0.5, 0.6) is 0 Å². The Morgan fingerprint density at radius 1 is 1.06 bits per heavy atom. The van der Waals surface area contributed by atoms with Gasteiger partial charge in [0.05, 0.1) is 17.1 Å².